The van der Waals surface area contributed by atoms with Gasteiger partial charge in [-0.25, -0.2) is 0 Å². The third-order valence-corrected chi connectivity index (χ3v) is 4.23. The van der Waals surface area contributed by atoms with Crippen molar-refractivity contribution in [3.05, 3.63) is 60.1 Å². The lowest BCUT2D eigenvalue weighted by Crippen LogP contribution is -2.36. The lowest BCUT2D eigenvalue weighted by molar-refractivity contribution is 0.307. The molecule has 0 saturated carbocycles. The van der Waals surface area contributed by atoms with E-state index < -0.39 is 0 Å². The monoisotopic (exact) mass is 285 g/mol. The van der Waals surface area contributed by atoms with Crippen LogP contribution < -0.4 is 5.32 Å². The summed E-state index contributed by atoms with van der Waals surface area (Å²) in [6.45, 7) is 6.80. The fraction of sp³-hybridized carbons (Fsp3) is 0.474. The Bertz CT molecular complexity index is 488. The van der Waals surface area contributed by atoms with Crippen LogP contribution in [0.4, 0.5) is 0 Å². The molecule has 0 aliphatic carbocycles. The second-order valence-corrected chi connectivity index (χ2v) is 5.82. The number of benzene rings is 1. The Balaban J connectivity index is 2.08. The summed E-state index contributed by atoms with van der Waals surface area (Å²) in [5.41, 5.74) is 1.39. The van der Waals surface area contributed by atoms with Gasteiger partial charge in [0.1, 0.15) is 5.76 Å². The molecule has 0 radical (unpaired) electrons. The van der Waals surface area contributed by atoms with Gasteiger partial charge in [0.25, 0.3) is 0 Å². The lowest BCUT2D eigenvalue weighted by atomic mass is 9.88. The highest BCUT2D eigenvalue weighted by atomic mass is 16.3. The van der Waals surface area contributed by atoms with E-state index in [0.717, 1.165) is 12.2 Å². The van der Waals surface area contributed by atoms with Crippen LogP contribution in [0.25, 0.3) is 0 Å². The topological polar surface area (TPSA) is 25.2 Å². The molecule has 2 aromatic rings. The molecule has 2 nitrogen and oxygen atoms in total. The average molecular weight is 285 g/mol. The first kappa shape index (κ1) is 15.8. The summed E-state index contributed by atoms with van der Waals surface area (Å²) < 4.78 is 5.46. The molecule has 0 aliphatic heterocycles. The Morgan fingerprint density at radius 3 is 2.29 bits per heavy atom. The molecule has 0 amide bonds. The van der Waals surface area contributed by atoms with Gasteiger partial charge in [0.2, 0.25) is 0 Å². The van der Waals surface area contributed by atoms with Gasteiger partial charge in [-0.1, -0.05) is 57.0 Å². The molecule has 0 spiro atoms. The van der Waals surface area contributed by atoms with Crippen molar-refractivity contribution in [2.24, 2.45) is 5.92 Å². The zero-order chi connectivity index (χ0) is 15.1. The number of nitrogens with one attached hydrogen (secondary N) is 1. The Morgan fingerprint density at radius 2 is 1.71 bits per heavy atom. The summed E-state index contributed by atoms with van der Waals surface area (Å²) in [6.07, 6.45) is 5.06. The quantitative estimate of drug-likeness (QED) is 0.740. The maximum Gasteiger partial charge on any atom is 0.105 e. The van der Waals surface area contributed by atoms with Gasteiger partial charge < -0.3 is 9.73 Å². The molecule has 0 saturated heterocycles. The molecule has 2 rings (SSSR count). The summed E-state index contributed by atoms with van der Waals surface area (Å²) in [6, 6.07) is 15.6. The van der Waals surface area contributed by atoms with Crippen LogP contribution in [-0.4, -0.2) is 6.04 Å². The summed E-state index contributed by atoms with van der Waals surface area (Å²) >= 11 is 0. The molecule has 0 fully saturated rings. The first-order valence-electron chi connectivity index (χ1n) is 8.08. The van der Waals surface area contributed by atoms with E-state index in [1.165, 1.54) is 18.4 Å². The Kier molecular flexibility index (Phi) is 6.06. The third-order valence-electron chi connectivity index (χ3n) is 4.23. The zero-order valence-corrected chi connectivity index (χ0v) is 13.4. The standard InChI is InChI=1S/C19H27NO/c1-4-16(5-2)19(17-10-7-6-8-11-17)20-15(3)14-18-12-9-13-21-18/h6-13,15-16,19-20H,4-5,14H2,1-3H3. The molecule has 1 aromatic heterocycles. The van der Waals surface area contributed by atoms with Crippen LogP contribution in [0.2, 0.25) is 0 Å². The van der Waals surface area contributed by atoms with Crippen LogP contribution >= 0.6 is 0 Å². The highest BCUT2D eigenvalue weighted by Crippen LogP contribution is 2.28. The SMILES string of the molecule is CCC(CC)C(NC(C)Cc1ccco1)c1ccccc1. The molecule has 2 heteroatoms. The van der Waals surface area contributed by atoms with Crippen molar-refractivity contribution in [2.45, 2.75) is 52.1 Å². The smallest absolute Gasteiger partial charge is 0.105 e. The van der Waals surface area contributed by atoms with Crippen molar-refractivity contribution < 1.29 is 4.42 Å². The van der Waals surface area contributed by atoms with Gasteiger partial charge in [-0.3, -0.25) is 0 Å². The fourth-order valence-electron chi connectivity index (χ4n) is 3.02. The van der Waals surface area contributed by atoms with Gasteiger partial charge in [-0.15, -0.1) is 0 Å². The van der Waals surface area contributed by atoms with Gasteiger partial charge in [0.05, 0.1) is 6.26 Å². The van der Waals surface area contributed by atoms with Crippen molar-refractivity contribution in [3.8, 4) is 0 Å². The van der Waals surface area contributed by atoms with E-state index in [1.807, 2.05) is 12.1 Å². The molecule has 1 heterocycles. The molecule has 114 valence electrons. The first-order valence-corrected chi connectivity index (χ1v) is 8.08. The van der Waals surface area contributed by atoms with Gasteiger partial charge in [0, 0.05) is 18.5 Å². The number of hydrogen-bond donors (Lipinski definition) is 1. The molecule has 1 N–H and O–H groups in total. The van der Waals surface area contributed by atoms with Crippen molar-refractivity contribution in [1.29, 1.82) is 0 Å². The van der Waals surface area contributed by atoms with Crippen LogP contribution in [0.15, 0.2) is 53.1 Å². The molecule has 1 aromatic carbocycles. The highest BCUT2D eigenvalue weighted by Gasteiger charge is 2.22. The maximum atomic E-state index is 5.46. The highest BCUT2D eigenvalue weighted by molar-refractivity contribution is 5.20. The van der Waals surface area contributed by atoms with E-state index in [0.29, 0.717) is 18.0 Å². The van der Waals surface area contributed by atoms with Crippen molar-refractivity contribution in [2.75, 3.05) is 0 Å². The summed E-state index contributed by atoms with van der Waals surface area (Å²) in [4.78, 5) is 0. The molecule has 2 atom stereocenters. The average Bonchev–Trinajstić information content (AvgIpc) is 3.01. The van der Waals surface area contributed by atoms with Crippen LogP contribution in [0.5, 0.6) is 0 Å². The number of rotatable bonds is 8. The number of hydrogen-bond acceptors (Lipinski definition) is 2. The lowest BCUT2D eigenvalue weighted by Gasteiger charge is -2.30. The fourth-order valence-corrected chi connectivity index (χ4v) is 3.02. The largest absolute Gasteiger partial charge is 0.469 e. The van der Waals surface area contributed by atoms with E-state index >= 15 is 0 Å². The van der Waals surface area contributed by atoms with Crippen LogP contribution in [0, 0.1) is 5.92 Å². The Labute approximate surface area is 128 Å². The van der Waals surface area contributed by atoms with E-state index in [4.69, 9.17) is 4.42 Å². The normalized spacial score (nSPS) is 14.3. The molecule has 2 unspecified atom stereocenters. The molecular formula is C19H27NO. The van der Waals surface area contributed by atoms with Crippen LogP contribution in [0.3, 0.4) is 0 Å². The molecule has 0 bridgehead atoms. The van der Waals surface area contributed by atoms with E-state index in [9.17, 15) is 0 Å². The van der Waals surface area contributed by atoms with Crippen molar-refractivity contribution in [1.82, 2.24) is 5.32 Å². The molecular weight excluding hydrogens is 258 g/mol. The second-order valence-electron chi connectivity index (χ2n) is 5.82. The third kappa shape index (κ3) is 4.47. The zero-order valence-electron chi connectivity index (χ0n) is 13.4. The predicted octanol–water partition coefficient (Wildman–Crippen LogP) is 4.98. The summed E-state index contributed by atoms with van der Waals surface area (Å²) in [7, 11) is 0. The Morgan fingerprint density at radius 1 is 1.00 bits per heavy atom. The van der Waals surface area contributed by atoms with Gasteiger partial charge in [-0.2, -0.15) is 0 Å². The van der Waals surface area contributed by atoms with Gasteiger partial charge in [-0.05, 0) is 30.5 Å². The summed E-state index contributed by atoms with van der Waals surface area (Å²) in [5.74, 6) is 1.71. The first-order chi connectivity index (χ1) is 10.2. The van der Waals surface area contributed by atoms with E-state index in [2.05, 4.69) is 56.4 Å². The minimum atomic E-state index is 0.391. The predicted molar refractivity (Wildman–Crippen MR) is 88.3 cm³/mol. The van der Waals surface area contributed by atoms with Crippen LogP contribution in [-0.2, 0) is 6.42 Å². The second kappa shape index (κ2) is 8.04. The minimum Gasteiger partial charge on any atom is -0.469 e. The van der Waals surface area contributed by atoms with Gasteiger partial charge in [0.15, 0.2) is 0 Å². The maximum absolute atomic E-state index is 5.46. The van der Waals surface area contributed by atoms with Gasteiger partial charge >= 0.3 is 0 Å². The summed E-state index contributed by atoms with van der Waals surface area (Å²) in [5, 5.41) is 3.81. The van der Waals surface area contributed by atoms with Crippen LogP contribution in [0.1, 0.15) is 51.0 Å². The Hall–Kier alpha value is -1.54. The van der Waals surface area contributed by atoms with E-state index in [-0.39, 0.29) is 0 Å². The van der Waals surface area contributed by atoms with E-state index in [1.54, 1.807) is 6.26 Å². The molecule has 0 aliphatic rings. The van der Waals surface area contributed by atoms with Crippen molar-refractivity contribution in [3.63, 3.8) is 0 Å². The number of furan rings is 1. The minimum absolute atomic E-state index is 0.391. The molecule has 21 heavy (non-hydrogen) atoms. The van der Waals surface area contributed by atoms with Crippen molar-refractivity contribution >= 4 is 0 Å².